The van der Waals surface area contributed by atoms with Crippen molar-refractivity contribution in [1.29, 1.82) is 0 Å². The lowest BCUT2D eigenvalue weighted by Gasteiger charge is -2.31. The second-order valence-electron chi connectivity index (χ2n) is 6.12. The number of nitro groups is 1. The van der Waals surface area contributed by atoms with E-state index in [4.69, 9.17) is 9.88 Å². The smallest absolute Gasteiger partial charge is 0.293 e. The van der Waals surface area contributed by atoms with Gasteiger partial charge < -0.3 is 10.1 Å². The molecule has 2 aromatic rings. The van der Waals surface area contributed by atoms with Crippen molar-refractivity contribution in [3.8, 4) is 0 Å². The molecule has 26 heavy (non-hydrogen) atoms. The van der Waals surface area contributed by atoms with Gasteiger partial charge in [0.25, 0.3) is 5.69 Å². The Kier molecular flexibility index (Phi) is 5.21. The van der Waals surface area contributed by atoms with Gasteiger partial charge in [-0.25, -0.2) is 13.6 Å². The van der Waals surface area contributed by atoms with Crippen molar-refractivity contribution >= 4 is 21.4 Å². The molecular weight excluding hydrogens is 358 g/mol. The lowest BCUT2D eigenvalue weighted by Crippen LogP contribution is -2.30. The fraction of sp³-hybridized carbons (Fsp3) is 0.294. The van der Waals surface area contributed by atoms with Gasteiger partial charge in [0, 0.05) is 18.7 Å². The first kappa shape index (κ1) is 18.3. The lowest BCUT2D eigenvalue weighted by atomic mass is 9.97. The summed E-state index contributed by atoms with van der Waals surface area (Å²) < 4.78 is 28.7. The highest BCUT2D eigenvalue weighted by Crippen LogP contribution is 2.33. The quantitative estimate of drug-likeness (QED) is 0.609. The van der Waals surface area contributed by atoms with Gasteiger partial charge in [-0.05, 0) is 30.5 Å². The van der Waals surface area contributed by atoms with E-state index in [9.17, 15) is 18.5 Å². The highest BCUT2D eigenvalue weighted by atomic mass is 32.2. The average Bonchev–Trinajstić information content (AvgIpc) is 2.62. The molecule has 1 aliphatic rings. The zero-order chi connectivity index (χ0) is 18.7. The van der Waals surface area contributed by atoms with E-state index in [1.165, 1.54) is 12.1 Å². The van der Waals surface area contributed by atoms with E-state index in [0.29, 0.717) is 19.4 Å². The monoisotopic (exact) mass is 377 g/mol. The molecule has 2 atom stereocenters. The van der Waals surface area contributed by atoms with E-state index in [2.05, 4.69) is 5.32 Å². The molecule has 0 radical (unpaired) electrons. The second-order valence-corrected chi connectivity index (χ2v) is 7.68. The Morgan fingerprint density at radius 1 is 1.19 bits per heavy atom. The van der Waals surface area contributed by atoms with Crippen LogP contribution in [-0.4, -0.2) is 26.0 Å². The minimum absolute atomic E-state index is 0.0343. The highest BCUT2D eigenvalue weighted by Gasteiger charge is 2.26. The van der Waals surface area contributed by atoms with Gasteiger partial charge in [0.1, 0.15) is 5.69 Å². The molecule has 3 N–H and O–H groups in total. The van der Waals surface area contributed by atoms with Gasteiger partial charge in [0.2, 0.25) is 10.0 Å². The third-order valence-corrected chi connectivity index (χ3v) is 5.22. The normalized spacial score (nSPS) is 20.5. The molecule has 1 aliphatic heterocycles. The van der Waals surface area contributed by atoms with E-state index in [1.54, 1.807) is 0 Å². The van der Waals surface area contributed by atoms with Crippen LogP contribution in [0.25, 0.3) is 0 Å². The molecule has 138 valence electrons. The molecule has 0 aliphatic carbocycles. The third kappa shape index (κ3) is 4.18. The Hall–Kier alpha value is -2.49. The number of rotatable bonds is 5. The maximum atomic E-state index is 11.4. The maximum Gasteiger partial charge on any atom is 0.293 e. The number of anilines is 1. The van der Waals surface area contributed by atoms with Gasteiger partial charge in [-0.15, -0.1) is 0 Å². The summed E-state index contributed by atoms with van der Waals surface area (Å²) in [6.07, 6.45) is 1.25. The van der Waals surface area contributed by atoms with E-state index in [-0.39, 0.29) is 28.4 Å². The lowest BCUT2D eigenvalue weighted by molar-refractivity contribution is -0.384. The number of hydrogen-bond donors (Lipinski definition) is 2. The topological polar surface area (TPSA) is 125 Å². The number of nitrogens with zero attached hydrogens (tertiary/aromatic N) is 1. The van der Waals surface area contributed by atoms with Crippen molar-refractivity contribution in [2.45, 2.75) is 29.9 Å². The summed E-state index contributed by atoms with van der Waals surface area (Å²) >= 11 is 0. The van der Waals surface area contributed by atoms with Crippen LogP contribution < -0.4 is 10.5 Å². The van der Waals surface area contributed by atoms with E-state index in [0.717, 1.165) is 11.6 Å². The number of sulfonamides is 1. The molecule has 8 nitrogen and oxygen atoms in total. The first-order valence-corrected chi connectivity index (χ1v) is 9.63. The molecule has 9 heteroatoms. The number of nitro benzene ring substituents is 1. The Balaban J connectivity index is 1.81. The summed E-state index contributed by atoms with van der Waals surface area (Å²) in [6, 6.07) is 13.4. The minimum atomic E-state index is -4.01. The molecular formula is C17H19N3O5S. The van der Waals surface area contributed by atoms with Crippen molar-refractivity contribution in [2.75, 3.05) is 11.9 Å². The van der Waals surface area contributed by atoms with Gasteiger partial charge in [-0.3, -0.25) is 10.1 Å². The predicted molar refractivity (Wildman–Crippen MR) is 96.2 cm³/mol. The van der Waals surface area contributed by atoms with E-state index >= 15 is 0 Å². The van der Waals surface area contributed by atoms with Crippen molar-refractivity contribution in [1.82, 2.24) is 0 Å². The van der Waals surface area contributed by atoms with Crippen LogP contribution in [0.2, 0.25) is 0 Å². The summed E-state index contributed by atoms with van der Waals surface area (Å²) in [7, 11) is -4.01. The van der Waals surface area contributed by atoms with Crippen molar-refractivity contribution in [3.63, 3.8) is 0 Å². The number of primary sulfonamides is 1. The maximum absolute atomic E-state index is 11.4. The van der Waals surface area contributed by atoms with Crippen molar-refractivity contribution in [3.05, 3.63) is 64.2 Å². The molecule has 0 bridgehead atoms. The summed E-state index contributed by atoms with van der Waals surface area (Å²) in [4.78, 5) is 10.4. The predicted octanol–water partition coefficient (Wildman–Crippen LogP) is 2.57. The number of benzene rings is 2. The molecule has 0 spiro atoms. The van der Waals surface area contributed by atoms with Crippen molar-refractivity contribution < 1.29 is 18.1 Å². The van der Waals surface area contributed by atoms with Gasteiger partial charge in [-0.1, -0.05) is 30.3 Å². The van der Waals surface area contributed by atoms with Crippen LogP contribution in [0.4, 0.5) is 11.4 Å². The number of ether oxygens (including phenoxy) is 1. The Bertz CT molecular complexity index is 902. The molecule has 3 rings (SSSR count). The summed E-state index contributed by atoms with van der Waals surface area (Å²) in [6.45, 7) is 0.528. The SMILES string of the molecule is NS(=O)(=O)c1ccc(NC2CCOC(c3ccccc3)C2)c([N+](=O)[O-])c1. The average molecular weight is 377 g/mol. The third-order valence-electron chi connectivity index (χ3n) is 4.31. The molecule has 2 aromatic carbocycles. The Morgan fingerprint density at radius 2 is 1.92 bits per heavy atom. The first-order chi connectivity index (χ1) is 12.3. The summed E-state index contributed by atoms with van der Waals surface area (Å²) in [5.41, 5.74) is 0.999. The van der Waals surface area contributed by atoms with Gasteiger partial charge >= 0.3 is 0 Å². The fourth-order valence-corrected chi connectivity index (χ4v) is 3.54. The molecule has 0 aromatic heterocycles. The van der Waals surface area contributed by atoms with Gasteiger partial charge in [-0.2, -0.15) is 0 Å². The zero-order valence-electron chi connectivity index (χ0n) is 13.9. The molecule has 1 heterocycles. The van der Waals surface area contributed by atoms with Crippen LogP contribution in [0.5, 0.6) is 0 Å². The van der Waals surface area contributed by atoms with Crippen molar-refractivity contribution in [2.24, 2.45) is 5.14 Å². The van der Waals surface area contributed by atoms with Crippen LogP contribution in [-0.2, 0) is 14.8 Å². The van der Waals surface area contributed by atoms with Gasteiger partial charge in [0.15, 0.2) is 0 Å². The largest absolute Gasteiger partial charge is 0.377 e. The highest BCUT2D eigenvalue weighted by molar-refractivity contribution is 7.89. The Morgan fingerprint density at radius 3 is 2.58 bits per heavy atom. The van der Waals surface area contributed by atoms with E-state index in [1.807, 2.05) is 30.3 Å². The summed E-state index contributed by atoms with van der Waals surface area (Å²) in [5.74, 6) is 0. The van der Waals surface area contributed by atoms with Gasteiger partial charge in [0.05, 0.1) is 15.9 Å². The van der Waals surface area contributed by atoms with Crippen LogP contribution in [0.1, 0.15) is 24.5 Å². The molecule has 0 amide bonds. The van der Waals surface area contributed by atoms with E-state index < -0.39 is 14.9 Å². The molecule has 1 fully saturated rings. The summed E-state index contributed by atoms with van der Waals surface area (Å²) in [5, 5.41) is 19.5. The molecule has 2 unspecified atom stereocenters. The first-order valence-electron chi connectivity index (χ1n) is 8.09. The Labute approximate surface area is 151 Å². The second kappa shape index (κ2) is 7.40. The minimum Gasteiger partial charge on any atom is -0.377 e. The van der Waals surface area contributed by atoms with Crippen LogP contribution in [0, 0.1) is 10.1 Å². The fourth-order valence-electron chi connectivity index (χ4n) is 3.01. The molecule has 1 saturated heterocycles. The molecule has 0 saturated carbocycles. The van der Waals surface area contributed by atoms with Crippen LogP contribution >= 0.6 is 0 Å². The van der Waals surface area contributed by atoms with Crippen LogP contribution in [0.3, 0.4) is 0 Å². The van der Waals surface area contributed by atoms with Crippen LogP contribution in [0.15, 0.2) is 53.4 Å². The number of nitrogens with one attached hydrogen (secondary N) is 1. The number of nitrogens with two attached hydrogens (primary N) is 1. The zero-order valence-corrected chi connectivity index (χ0v) is 14.7. The standard InChI is InChI=1S/C17H19N3O5S/c18-26(23,24)14-6-7-15(16(11-14)20(21)22)19-13-8-9-25-17(10-13)12-4-2-1-3-5-12/h1-7,11,13,17,19H,8-10H2,(H2,18,23,24). The number of hydrogen-bond acceptors (Lipinski definition) is 6.